The fraction of sp³-hybridized carbons (Fsp3) is 0.333. The van der Waals surface area contributed by atoms with Crippen LogP contribution in [0.4, 0.5) is 5.95 Å². The number of hydrogen-bond donors (Lipinski definition) is 0. The van der Waals surface area contributed by atoms with Gasteiger partial charge in [0.05, 0.1) is 38.8 Å². The first-order valence-electron chi connectivity index (χ1n) is 9.53. The van der Waals surface area contributed by atoms with E-state index in [0.717, 1.165) is 5.56 Å². The summed E-state index contributed by atoms with van der Waals surface area (Å²) < 4.78 is 18.4. The van der Waals surface area contributed by atoms with Gasteiger partial charge < -0.3 is 19.1 Å². The minimum absolute atomic E-state index is 0.154. The summed E-state index contributed by atoms with van der Waals surface area (Å²) in [6, 6.07) is 8.87. The summed E-state index contributed by atoms with van der Waals surface area (Å²) in [5, 5.41) is 0. The lowest BCUT2D eigenvalue weighted by atomic mass is 10.1. The van der Waals surface area contributed by atoms with Crippen molar-refractivity contribution in [3.8, 4) is 22.9 Å². The lowest BCUT2D eigenvalue weighted by Gasteiger charge is -2.35. The maximum Gasteiger partial charge on any atom is 0.255 e. The maximum absolute atomic E-state index is 12.6. The Morgan fingerprint density at radius 2 is 2.00 bits per heavy atom. The SMILES string of the molecule is COc1ccc(C2CN(c3nc(-c4ccncn4)cc(=O)n3C)CCO2)c(OC)c1. The van der Waals surface area contributed by atoms with Gasteiger partial charge in [-0.15, -0.1) is 0 Å². The zero-order valence-corrected chi connectivity index (χ0v) is 17.1. The molecular weight excluding hydrogens is 386 g/mol. The molecule has 4 rings (SSSR count). The molecular formula is C21H23N5O4. The first-order chi connectivity index (χ1) is 14.6. The maximum atomic E-state index is 12.6. The van der Waals surface area contributed by atoms with E-state index >= 15 is 0 Å². The van der Waals surface area contributed by atoms with Crippen LogP contribution in [0.5, 0.6) is 11.5 Å². The lowest BCUT2D eigenvalue weighted by molar-refractivity contribution is 0.0374. The number of anilines is 1. The van der Waals surface area contributed by atoms with E-state index in [1.54, 1.807) is 38.1 Å². The van der Waals surface area contributed by atoms with Gasteiger partial charge in [-0.25, -0.2) is 15.0 Å². The average molecular weight is 409 g/mol. The van der Waals surface area contributed by atoms with Gasteiger partial charge in [0.1, 0.15) is 23.9 Å². The third kappa shape index (κ3) is 3.84. The molecule has 9 heteroatoms. The fourth-order valence-corrected chi connectivity index (χ4v) is 3.49. The predicted octanol–water partition coefficient (Wildman–Crippen LogP) is 1.83. The molecule has 0 radical (unpaired) electrons. The lowest BCUT2D eigenvalue weighted by Crippen LogP contribution is -2.41. The quantitative estimate of drug-likeness (QED) is 0.630. The fourth-order valence-electron chi connectivity index (χ4n) is 3.49. The summed E-state index contributed by atoms with van der Waals surface area (Å²) in [6.07, 6.45) is 2.83. The van der Waals surface area contributed by atoms with Crippen LogP contribution in [0.2, 0.25) is 0 Å². The normalized spacial score (nSPS) is 16.4. The predicted molar refractivity (Wildman–Crippen MR) is 111 cm³/mol. The van der Waals surface area contributed by atoms with E-state index in [2.05, 4.69) is 9.97 Å². The van der Waals surface area contributed by atoms with Crippen molar-refractivity contribution in [3.05, 3.63) is 58.8 Å². The van der Waals surface area contributed by atoms with Gasteiger partial charge in [0.15, 0.2) is 0 Å². The van der Waals surface area contributed by atoms with Crippen LogP contribution in [0.15, 0.2) is 47.7 Å². The molecule has 0 amide bonds. The van der Waals surface area contributed by atoms with Crippen LogP contribution in [0, 0.1) is 0 Å². The molecule has 1 atom stereocenters. The molecule has 9 nitrogen and oxygen atoms in total. The van der Waals surface area contributed by atoms with Gasteiger partial charge >= 0.3 is 0 Å². The molecule has 0 N–H and O–H groups in total. The standard InChI is InChI=1S/C21H23N5O4/c1-25-20(27)11-17(16-6-7-22-13-23-16)24-21(25)26-8-9-30-19(12-26)15-5-4-14(28-2)10-18(15)29-3/h4-7,10-11,13,19H,8-9,12H2,1-3H3. The number of nitrogens with zero attached hydrogens (tertiary/aromatic N) is 5. The zero-order chi connectivity index (χ0) is 21.1. The third-order valence-corrected chi connectivity index (χ3v) is 5.09. The van der Waals surface area contributed by atoms with Crippen LogP contribution in [0.1, 0.15) is 11.7 Å². The van der Waals surface area contributed by atoms with Crippen molar-refractivity contribution in [2.45, 2.75) is 6.10 Å². The molecule has 3 heterocycles. The van der Waals surface area contributed by atoms with Gasteiger partial charge in [-0.05, 0) is 18.2 Å². The number of rotatable bonds is 5. The van der Waals surface area contributed by atoms with Crippen LogP contribution < -0.4 is 19.9 Å². The number of benzene rings is 1. The first kappa shape index (κ1) is 19.8. The Morgan fingerprint density at radius 1 is 1.13 bits per heavy atom. The number of ether oxygens (including phenoxy) is 3. The second-order valence-corrected chi connectivity index (χ2v) is 6.85. The van der Waals surface area contributed by atoms with Gasteiger partial charge in [0.25, 0.3) is 5.56 Å². The Balaban J connectivity index is 1.67. The highest BCUT2D eigenvalue weighted by Gasteiger charge is 2.27. The van der Waals surface area contributed by atoms with Crippen LogP contribution in [0.25, 0.3) is 11.4 Å². The van der Waals surface area contributed by atoms with Gasteiger partial charge in [0, 0.05) is 37.5 Å². The summed E-state index contributed by atoms with van der Waals surface area (Å²) in [5.41, 5.74) is 1.88. The van der Waals surface area contributed by atoms with Gasteiger partial charge in [0.2, 0.25) is 5.95 Å². The second-order valence-electron chi connectivity index (χ2n) is 6.85. The van der Waals surface area contributed by atoms with Crippen molar-refractivity contribution in [2.24, 2.45) is 7.05 Å². The third-order valence-electron chi connectivity index (χ3n) is 5.09. The van der Waals surface area contributed by atoms with E-state index in [1.807, 2.05) is 23.1 Å². The minimum atomic E-state index is -0.237. The smallest absolute Gasteiger partial charge is 0.255 e. The van der Waals surface area contributed by atoms with E-state index in [0.29, 0.717) is 48.5 Å². The summed E-state index contributed by atoms with van der Waals surface area (Å²) >= 11 is 0. The molecule has 1 fully saturated rings. The summed E-state index contributed by atoms with van der Waals surface area (Å²) in [6.45, 7) is 1.63. The van der Waals surface area contributed by atoms with Crippen molar-refractivity contribution in [1.82, 2.24) is 19.5 Å². The number of aromatic nitrogens is 4. The highest BCUT2D eigenvalue weighted by atomic mass is 16.5. The van der Waals surface area contributed by atoms with Crippen molar-refractivity contribution in [2.75, 3.05) is 38.8 Å². The van der Waals surface area contributed by atoms with Crippen molar-refractivity contribution in [3.63, 3.8) is 0 Å². The van der Waals surface area contributed by atoms with Crippen LogP contribution in [-0.2, 0) is 11.8 Å². The highest BCUT2D eigenvalue weighted by Crippen LogP contribution is 2.34. The molecule has 0 bridgehead atoms. The number of methoxy groups -OCH3 is 2. The van der Waals surface area contributed by atoms with E-state index in [4.69, 9.17) is 19.2 Å². The average Bonchev–Trinajstić information content (AvgIpc) is 2.81. The minimum Gasteiger partial charge on any atom is -0.497 e. The topological polar surface area (TPSA) is 91.6 Å². The molecule has 2 aromatic heterocycles. The highest BCUT2D eigenvalue weighted by molar-refractivity contribution is 5.55. The summed E-state index contributed by atoms with van der Waals surface area (Å²) in [7, 11) is 4.95. The molecule has 0 saturated carbocycles. The monoisotopic (exact) mass is 409 g/mol. The molecule has 1 unspecified atom stereocenters. The Morgan fingerprint density at radius 3 is 2.73 bits per heavy atom. The molecule has 0 spiro atoms. The van der Waals surface area contributed by atoms with E-state index < -0.39 is 0 Å². The van der Waals surface area contributed by atoms with Crippen molar-refractivity contribution in [1.29, 1.82) is 0 Å². The van der Waals surface area contributed by atoms with Gasteiger partial charge in [-0.3, -0.25) is 9.36 Å². The number of morpholine rings is 1. The molecule has 1 aliphatic heterocycles. The molecule has 1 aromatic carbocycles. The van der Waals surface area contributed by atoms with E-state index in [9.17, 15) is 4.79 Å². The largest absolute Gasteiger partial charge is 0.497 e. The van der Waals surface area contributed by atoms with Gasteiger partial charge in [-0.1, -0.05) is 0 Å². The Kier molecular flexibility index (Phi) is 5.62. The summed E-state index contributed by atoms with van der Waals surface area (Å²) in [5.74, 6) is 1.97. The van der Waals surface area contributed by atoms with Crippen LogP contribution in [0.3, 0.4) is 0 Å². The van der Waals surface area contributed by atoms with E-state index in [1.165, 1.54) is 12.4 Å². The van der Waals surface area contributed by atoms with Crippen molar-refractivity contribution >= 4 is 5.95 Å². The van der Waals surface area contributed by atoms with Crippen LogP contribution in [-0.4, -0.2) is 53.4 Å². The zero-order valence-electron chi connectivity index (χ0n) is 17.1. The van der Waals surface area contributed by atoms with Crippen molar-refractivity contribution < 1.29 is 14.2 Å². The molecule has 3 aromatic rings. The van der Waals surface area contributed by atoms with Crippen LogP contribution >= 0.6 is 0 Å². The Bertz CT molecular complexity index is 1090. The molecule has 1 aliphatic rings. The second kappa shape index (κ2) is 8.50. The Hall–Kier alpha value is -3.46. The Labute approximate surface area is 173 Å². The van der Waals surface area contributed by atoms with Gasteiger partial charge in [-0.2, -0.15) is 0 Å². The molecule has 30 heavy (non-hydrogen) atoms. The molecule has 156 valence electrons. The number of hydrogen-bond acceptors (Lipinski definition) is 8. The summed E-state index contributed by atoms with van der Waals surface area (Å²) in [4.78, 5) is 27.5. The van der Waals surface area contributed by atoms with E-state index in [-0.39, 0.29) is 11.7 Å². The molecule has 0 aliphatic carbocycles. The molecule has 1 saturated heterocycles. The first-order valence-corrected chi connectivity index (χ1v) is 9.53.